The summed E-state index contributed by atoms with van der Waals surface area (Å²) in [6.07, 6.45) is 1.02. The molecule has 2 aromatic heterocycles. The van der Waals surface area contributed by atoms with Gasteiger partial charge in [0.2, 0.25) is 11.8 Å². The minimum atomic E-state index is -0.288. The van der Waals surface area contributed by atoms with E-state index in [4.69, 9.17) is 4.42 Å². The van der Waals surface area contributed by atoms with Crippen molar-refractivity contribution in [3.63, 3.8) is 0 Å². The molecule has 0 aliphatic rings. The molecular formula is C23H24N4O2. The van der Waals surface area contributed by atoms with Crippen molar-refractivity contribution in [1.82, 2.24) is 20.1 Å². The molecule has 0 saturated heterocycles. The number of carbonyl (C=O) groups excluding carboxylic acids is 1. The standard InChI is InChI=1S/C23H24N4O2/c1-15-19(17(3)27(26-15)18-9-5-4-6-10-18)13-14-22(28)24-16(2)23-25-20-11-7-8-12-21(20)29-23/h4-12,16H,13-14H2,1-3H3,(H,24,28). The number of para-hydroxylation sites is 3. The second-order valence-corrected chi connectivity index (χ2v) is 7.21. The van der Waals surface area contributed by atoms with Crippen molar-refractivity contribution >= 4 is 17.0 Å². The van der Waals surface area contributed by atoms with E-state index >= 15 is 0 Å². The van der Waals surface area contributed by atoms with E-state index in [1.165, 1.54) is 0 Å². The van der Waals surface area contributed by atoms with Crippen LogP contribution >= 0.6 is 0 Å². The van der Waals surface area contributed by atoms with Gasteiger partial charge in [-0.3, -0.25) is 4.79 Å². The van der Waals surface area contributed by atoms with Crippen molar-refractivity contribution in [2.45, 2.75) is 39.7 Å². The monoisotopic (exact) mass is 388 g/mol. The van der Waals surface area contributed by atoms with Crippen molar-refractivity contribution in [3.05, 3.63) is 77.4 Å². The van der Waals surface area contributed by atoms with Crippen LogP contribution in [0.15, 0.2) is 59.0 Å². The molecule has 4 rings (SSSR count). The maximum Gasteiger partial charge on any atom is 0.220 e. The van der Waals surface area contributed by atoms with Crippen molar-refractivity contribution in [2.24, 2.45) is 0 Å². The largest absolute Gasteiger partial charge is 0.438 e. The van der Waals surface area contributed by atoms with E-state index in [9.17, 15) is 4.79 Å². The number of aryl methyl sites for hydroxylation is 1. The molecular weight excluding hydrogens is 364 g/mol. The Morgan fingerprint density at radius 2 is 1.83 bits per heavy atom. The van der Waals surface area contributed by atoms with Gasteiger partial charge in [-0.1, -0.05) is 30.3 Å². The van der Waals surface area contributed by atoms with Gasteiger partial charge < -0.3 is 9.73 Å². The minimum Gasteiger partial charge on any atom is -0.438 e. The maximum absolute atomic E-state index is 12.5. The molecule has 0 fully saturated rings. The van der Waals surface area contributed by atoms with Gasteiger partial charge in [0.05, 0.1) is 11.4 Å². The molecule has 1 unspecified atom stereocenters. The highest BCUT2D eigenvalue weighted by atomic mass is 16.3. The number of carbonyl (C=O) groups is 1. The maximum atomic E-state index is 12.5. The number of fused-ring (bicyclic) bond motifs is 1. The Bertz CT molecular complexity index is 1110. The zero-order valence-electron chi connectivity index (χ0n) is 16.8. The van der Waals surface area contributed by atoms with E-state index in [2.05, 4.69) is 15.4 Å². The summed E-state index contributed by atoms with van der Waals surface area (Å²) in [5, 5.41) is 7.63. The van der Waals surface area contributed by atoms with E-state index in [1.807, 2.05) is 80.1 Å². The Balaban J connectivity index is 1.41. The molecule has 0 aliphatic carbocycles. The number of rotatable bonds is 6. The van der Waals surface area contributed by atoms with Crippen LogP contribution in [0.5, 0.6) is 0 Å². The Morgan fingerprint density at radius 1 is 1.10 bits per heavy atom. The lowest BCUT2D eigenvalue weighted by Crippen LogP contribution is -2.27. The highest BCUT2D eigenvalue weighted by Crippen LogP contribution is 2.21. The third-order valence-corrected chi connectivity index (χ3v) is 5.10. The molecule has 6 heteroatoms. The predicted octanol–water partition coefficient (Wildman–Crippen LogP) is 4.44. The first-order valence-electron chi connectivity index (χ1n) is 9.78. The second kappa shape index (κ2) is 7.91. The molecule has 1 amide bonds. The molecule has 1 atom stereocenters. The first kappa shape index (κ1) is 18.9. The van der Waals surface area contributed by atoms with Crippen LogP contribution in [-0.4, -0.2) is 20.7 Å². The highest BCUT2D eigenvalue weighted by molar-refractivity contribution is 5.77. The smallest absolute Gasteiger partial charge is 0.220 e. The summed E-state index contributed by atoms with van der Waals surface area (Å²) in [7, 11) is 0. The van der Waals surface area contributed by atoms with Crippen molar-refractivity contribution in [1.29, 1.82) is 0 Å². The molecule has 4 aromatic rings. The average molecular weight is 388 g/mol. The molecule has 1 N–H and O–H groups in total. The molecule has 2 heterocycles. The number of oxazole rings is 1. The summed E-state index contributed by atoms with van der Waals surface area (Å²) in [6.45, 7) is 5.91. The summed E-state index contributed by atoms with van der Waals surface area (Å²) in [4.78, 5) is 17.0. The van der Waals surface area contributed by atoms with Crippen molar-refractivity contribution in [3.8, 4) is 5.69 Å². The Hall–Kier alpha value is -3.41. The van der Waals surface area contributed by atoms with Crippen LogP contribution < -0.4 is 5.32 Å². The Kier molecular flexibility index (Phi) is 5.16. The fourth-order valence-electron chi connectivity index (χ4n) is 3.55. The first-order chi connectivity index (χ1) is 14.0. The molecule has 6 nitrogen and oxygen atoms in total. The molecule has 0 radical (unpaired) electrons. The normalized spacial score (nSPS) is 12.2. The van der Waals surface area contributed by atoms with Gasteiger partial charge in [0, 0.05) is 12.1 Å². The van der Waals surface area contributed by atoms with Crippen LogP contribution in [0.2, 0.25) is 0 Å². The Morgan fingerprint density at radius 3 is 2.59 bits per heavy atom. The van der Waals surface area contributed by atoms with Crippen LogP contribution in [0.3, 0.4) is 0 Å². The number of benzene rings is 2. The third kappa shape index (κ3) is 3.92. The molecule has 0 aliphatic heterocycles. The van der Waals surface area contributed by atoms with E-state index in [-0.39, 0.29) is 11.9 Å². The zero-order chi connectivity index (χ0) is 20.4. The summed E-state index contributed by atoms with van der Waals surface area (Å²) in [6, 6.07) is 17.3. The number of hydrogen-bond acceptors (Lipinski definition) is 4. The van der Waals surface area contributed by atoms with Crippen LogP contribution in [-0.2, 0) is 11.2 Å². The van der Waals surface area contributed by atoms with Crippen molar-refractivity contribution < 1.29 is 9.21 Å². The van der Waals surface area contributed by atoms with Gasteiger partial charge in [0.25, 0.3) is 0 Å². The summed E-state index contributed by atoms with van der Waals surface area (Å²) < 4.78 is 7.68. The van der Waals surface area contributed by atoms with Gasteiger partial charge in [-0.05, 0) is 57.0 Å². The van der Waals surface area contributed by atoms with Gasteiger partial charge >= 0.3 is 0 Å². The molecule has 148 valence electrons. The summed E-state index contributed by atoms with van der Waals surface area (Å²) in [5.74, 6) is 0.481. The molecule has 29 heavy (non-hydrogen) atoms. The molecule has 0 spiro atoms. The average Bonchev–Trinajstić information content (AvgIpc) is 3.28. The van der Waals surface area contributed by atoms with E-state index in [1.54, 1.807) is 0 Å². The van der Waals surface area contributed by atoms with E-state index in [0.29, 0.717) is 18.7 Å². The number of aromatic nitrogens is 3. The summed E-state index contributed by atoms with van der Waals surface area (Å²) in [5.41, 5.74) is 5.66. The fourth-order valence-corrected chi connectivity index (χ4v) is 3.55. The topological polar surface area (TPSA) is 73.0 Å². The van der Waals surface area contributed by atoms with Crippen molar-refractivity contribution in [2.75, 3.05) is 0 Å². The first-order valence-corrected chi connectivity index (χ1v) is 9.78. The van der Waals surface area contributed by atoms with Gasteiger partial charge in [-0.2, -0.15) is 5.10 Å². The fraction of sp³-hybridized carbons (Fsp3) is 0.261. The Labute approximate surface area is 169 Å². The number of nitrogens with one attached hydrogen (secondary N) is 1. The van der Waals surface area contributed by atoms with Gasteiger partial charge in [-0.25, -0.2) is 9.67 Å². The third-order valence-electron chi connectivity index (χ3n) is 5.10. The highest BCUT2D eigenvalue weighted by Gasteiger charge is 2.18. The quantitative estimate of drug-likeness (QED) is 0.530. The van der Waals surface area contributed by atoms with Gasteiger partial charge in [-0.15, -0.1) is 0 Å². The van der Waals surface area contributed by atoms with Crippen LogP contribution in [0.1, 0.15) is 42.2 Å². The lowest BCUT2D eigenvalue weighted by atomic mass is 10.1. The zero-order valence-corrected chi connectivity index (χ0v) is 16.8. The SMILES string of the molecule is Cc1nn(-c2ccccc2)c(C)c1CCC(=O)NC(C)c1nc2ccccc2o1. The number of hydrogen-bond donors (Lipinski definition) is 1. The van der Waals surface area contributed by atoms with Crippen LogP contribution in [0.4, 0.5) is 0 Å². The van der Waals surface area contributed by atoms with Crippen LogP contribution in [0.25, 0.3) is 16.8 Å². The van der Waals surface area contributed by atoms with Gasteiger partial charge in [0.1, 0.15) is 11.6 Å². The molecule has 0 bridgehead atoms. The lowest BCUT2D eigenvalue weighted by molar-refractivity contribution is -0.121. The number of amides is 1. The van der Waals surface area contributed by atoms with Gasteiger partial charge in [0.15, 0.2) is 5.58 Å². The minimum absolute atomic E-state index is 0.0361. The molecule has 0 saturated carbocycles. The predicted molar refractivity (Wildman–Crippen MR) is 112 cm³/mol. The van der Waals surface area contributed by atoms with Crippen LogP contribution in [0, 0.1) is 13.8 Å². The molecule has 2 aromatic carbocycles. The number of nitrogens with zero attached hydrogens (tertiary/aromatic N) is 3. The van der Waals surface area contributed by atoms with E-state index < -0.39 is 0 Å². The van der Waals surface area contributed by atoms with E-state index in [0.717, 1.165) is 33.7 Å². The lowest BCUT2D eigenvalue weighted by Gasteiger charge is -2.10. The second-order valence-electron chi connectivity index (χ2n) is 7.21. The summed E-state index contributed by atoms with van der Waals surface area (Å²) >= 11 is 0.